The smallest absolute Gasteiger partial charge is 0.315 e. The van der Waals surface area contributed by atoms with Crippen LogP contribution in [0, 0.1) is 11.8 Å². The zero-order valence-corrected chi connectivity index (χ0v) is 10.4. The van der Waals surface area contributed by atoms with Gasteiger partial charge < -0.3 is 15.7 Å². The molecule has 100 valence electrons. The van der Waals surface area contributed by atoms with Crippen LogP contribution in [0.4, 0.5) is 4.79 Å². The summed E-state index contributed by atoms with van der Waals surface area (Å²) in [5, 5.41) is 14.4. The highest BCUT2D eigenvalue weighted by Crippen LogP contribution is 2.33. The van der Waals surface area contributed by atoms with Gasteiger partial charge in [-0.25, -0.2) is 4.79 Å². The number of carbonyl (C=O) groups is 2. The summed E-state index contributed by atoms with van der Waals surface area (Å²) in [6.45, 7) is 0.696. The van der Waals surface area contributed by atoms with E-state index in [9.17, 15) is 9.59 Å². The monoisotopic (exact) mass is 252 g/mol. The quantitative estimate of drug-likeness (QED) is 0.495. The fourth-order valence-electron chi connectivity index (χ4n) is 2.21. The van der Waals surface area contributed by atoms with Crippen molar-refractivity contribution in [1.29, 1.82) is 0 Å². The maximum absolute atomic E-state index is 11.5. The first kappa shape index (κ1) is 12.9. The Labute approximate surface area is 107 Å². The number of carboxylic acid groups (broad SMARTS) is 1. The molecule has 2 aliphatic carbocycles. The number of carboxylic acids is 1. The molecule has 0 spiro atoms. The molecular weight excluding hydrogens is 232 g/mol. The van der Waals surface area contributed by atoms with Gasteiger partial charge in [0.1, 0.15) is 0 Å². The van der Waals surface area contributed by atoms with Gasteiger partial charge in [0.05, 0.1) is 12.0 Å². The van der Waals surface area contributed by atoms with E-state index in [0.717, 1.165) is 12.3 Å². The molecule has 0 heterocycles. The van der Waals surface area contributed by atoms with E-state index in [0.29, 0.717) is 13.0 Å². The third kappa shape index (κ3) is 4.05. The lowest BCUT2D eigenvalue weighted by Gasteiger charge is -2.13. The first-order chi connectivity index (χ1) is 8.65. The number of hydrogen-bond donors (Lipinski definition) is 3. The maximum atomic E-state index is 11.5. The number of nitrogens with one attached hydrogen (secondary N) is 2. The van der Waals surface area contributed by atoms with Crippen LogP contribution in [0.1, 0.15) is 32.1 Å². The van der Waals surface area contributed by atoms with Gasteiger partial charge in [0.15, 0.2) is 0 Å². The van der Waals surface area contributed by atoms with E-state index in [1.54, 1.807) is 12.2 Å². The molecule has 3 N–H and O–H groups in total. The molecule has 0 aromatic rings. The Kier molecular flexibility index (Phi) is 4.23. The predicted molar refractivity (Wildman–Crippen MR) is 67.2 cm³/mol. The minimum absolute atomic E-state index is 0.158. The molecule has 1 saturated carbocycles. The topological polar surface area (TPSA) is 78.4 Å². The van der Waals surface area contributed by atoms with Crippen molar-refractivity contribution in [2.75, 3.05) is 6.54 Å². The molecule has 2 unspecified atom stereocenters. The Bertz CT molecular complexity index is 350. The van der Waals surface area contributed by atoms with Crippen molar-refractivity contribution in [2.45, 2.75) is 38.1 Å². The predicted octanol–water partition coefficient (Wildman–Crippen LogP) is 1.51. The van der Waals surface area contributed by atoms with Gasteiger partial charge in [0.25, 0.3) is 0 Å². The second-order valence-corrected chi connectivity index (χ2v) is 5.16. The number of rotatable bonds is 6. The SMILES string of the molecule is O=C(NCCCC1CC1)NC1C=CC(C(=O)O)C1. The van der Waals surface area contributed by atoms with Crippen molar-refractivity contribution < 1.29 is 14.7 Å². The van der Waals surface area contributed by atoms with Crippen molar-refractivity contribution in [3.8, 4) is 0 Å². The zero-order chi connectivity index (χ0) is 13.0. The van der Waals surface area contributed by atoms with E-state index >= 15 is 0 Å². The van der Waals surface area contributed by atoms with Gasteiger partial charge in [-0.1, -0.05) is 25.0 Å². The van der Waals surface area contributed by atoms with Crippen LogP contribution in [-0.2, 0) is 4.79 Å². The van der Waals surface area contributed by atoms with Gasteiger partial charge in [-0.15, -0.1) is 0 Å². The summed E-state index contributed by atoms with van der Waals surface area (Å²) < 4.78 is 0. The van der Waals surface area contributed by atoms with Gasteiger partial charge in [0.2, 0.25) is 0 Å². The van der Waals surface area contributed by atoms with Crippen molar-refractivity contribution in [1.82, 2.24) is 10.6 Å². The molecule has 0 radical (unpaired) electrons. The molecule has 2 aliphatic rings. The fraction of sp³-hybridized carbons (Fsp3) is 0.692. The summed E-state index contributed by atoms with van der Waals surface area (Å²) in [7, 11) is 0. The number of hydrogen-bond acceptors (Lipinski definition) is 2. The minimum atomic E-state index is -0.833. The van der Waals surface area contributed by atoms with Gasteiger partial charge in [-0.05, 0) is 25.2 Å². The van der Waals surface area contributed by atoms with Gasteiger partial charge in [-0.2, -0.15) is 0 Å². The van der Waals surface area contributed by atoms with Gasteiger partial charge >= 0.3 is 12.0 Å². The van der Waals surface area contributed by atoms with Crippen LogP contribution >= 0.6 is 0 Å². The summed E-state index contributed by atoms with van der Waals surface area (Å²) in [4.78, 5) is 22.3. The van der Waals surface area contributed by atoms with Gasteiger partial charge in [0, 0.05) is 6.54 Å². The third-order valence-corrected chi connectivity index (χ3v) is 3.49. The standard InChI is InChI=1S/C13H20N2O3/c16-12(17)10-5-6-11(8-10)15-13(18)14-7-1-2-9-3-4-9/h5-6,9-11H,1-4,7-8H2,(H,16,17)(H2,14,15,18). The first-order valence-corrected chi connectivity index (χ1v) is 6.60. The van der Waals surface area contributed by atoms with Crippen LogP contribution in [0.5, 0.6) is 0 Å². The Morgan fingerprint density at radius 2 is 2.06 bits per heavy atom. The van der Waals surface area contributed by atoms with Crippen LogP contribution in [0.2, 0.25) is 0 Å². The van der Waals surface area contributed by atoms with Crippen LogP contribution in [0.25, 0.3) is 0 Å². The summed E-state index contributed by atoms with van der Waals surface area (Å²) in [6.07, 6.45) is 8.75. The maximum Gasteiger partial charge on any atom is 0.315 e. The molecule has 2 amide bonds. The lowest BCUT2D eigenvalue weighted by atomic mass is 10.1. The minimum Gasteiger partial charge on any atom is -0.481 e. The molecule has 5 heteroatoms. The molecule has 0 aliphatic heterocycles. The summed E-state index contributed by atoms with van der Waals surface area (Å²) in [6, 6.07) is -0.360. The molecule has 0 aromatic carbocycles. The largest absolute Gasteiger partial charge is 0.481 e. The van der Waals surface area contributed by atoms with Crippen LogP contribution in [-0.4, -0.2) is 29.7 Å². The van der Waals surface area contributed by atoms with E-state index in [1.807, 2.05) is 0 Å². The summed E-state index contributed by atoms with van der Waals surface area (Å²) in [5.41, 5.74) is 0. The number of amides is 2. The number of urea groups is 1. The van der Waals surface area contributed by atoms with Crippen LogP contribution in [0.15, 0.2) is 12.2 Å². The van der Waals surface area contributed by atoms with Crippen molar-refractivity contribution in [2.24, 2.45) is 11.8 Å². The number of carbonyl (C=O) groups excluding carboxylic acids is 1. The highest BCUT2D eigenvalue weighted by Gasteiger charge is 2.25. The Hall–Kier alpha value is -1.52. The summed E-state index contributed by atoms with van der Waals surface area (Å²) in [5.74, 6) is -0.408. The molecule has 5 nitrogen and oxygen atoms in total. The third-order valence-electron chi connectivity index (χ3n) is 3.49. The molecule has 18 heavy (non-hydrogen) atoms. The van der Waals surface area contributed by atoms with E-state index in [2.05, 4.69) is 10.6 Å². The molecule has 1 fully saturated rings. The molecular formula is C13H20N2O3. The van der Waals surface area contributed by atoms with E-state index < -0.39 is 11.9 Å². The fourth-order valence-corrected chi connectivity index (χ4v) is 2.21. The second-order valence-electron chi connectivity index (χ2n) is 5.16. The van der Waals surface area contributed by atoms with Gasteiger partial charge in [-0.3, -0.25) is 4.79 Å². The van der Waals surface area contributed by atoms with E-state index in [-0.39, 0.29) is 12.1 Å². The lowest BCUT2D eigenvalue weighted by molar-refractivity contribution is -0.140. The average Bonchev–Trinajstić information content (AvgIpc) is 3.03. The van der Waals surface area contributed by atoms with Crippen molar-refractivity contribution in [3.05, 3.63) is 12.2 Å². The number of aliphatic carboxylic acids is 1. The normalized spacial score (nSPS) is 26.0. The first-order valence-electron chi connectivity index (χ1n) is 6.60. The zero-order valence-electron chi connectivity index (χ0n) is 10.4. The Morgan fingerprint density at radius 3 is 2.67 bits per heavy atom. The van der Waals surface area contributed by atoms with E-state index in [4.69, 9.17) is 5.11 Å². The Balaban J connectivity index is 1.56. The highest BCUT2D eigenvalue weighted by atomic mass is 16.4. The van der Waals surface area contributed by atoms with Crippen LogP contribution < -0.4 is 10.6 Å². The van der Waals surface area contributed by atoms with Crippen LogP contribution in [0.3, 0.4) is 0 Å². The molecule has 0 bridgehead atoms. The molecule has 2 atom stereocenters. The van der Waals surface area contributed by atoms with Crippen molar-refractivity contribution in [3.63, 3.8) is 0 Å². The Morgan fingerprint density at radius 1 is 1.28 bits per heavy atom. The highest BCUT2D eigenvalue weighted by molar-refractivity contribution is 5.76. The lowest BCUT2D eigenvalue weighted by Crippen LogP contribution is -2.41. The molecule has 2 rings (SSSR count). The van der Waals surface area contributed by atoms with Crippen molar-refractivity contribution >= 4 is 12.0 Å². The summed E-state index contributed by atoms with van der Waals surface area (Å²) >= 11 is 0. The molecule has 0 aromatic heterocycles. The second kappa shape index (κ2) is 5.89. The average molecular weight is 252 g/mol. The molecule has 0 saturated heterocycles. The van der Waals surface area contributed by atoms with E-state index in [1.165, 1.54) is 19.3 Å².